The molecule has 0 saturated heterocycles. The number of nitrogens with one attached hydrogen (secondary N) is 1. The van der Waals surface area contributed by atoms with E-state index in [2.05, 4.69) is 19.4 Å². The Bertz CT molecular complexity index is 1550. The van der Waals surface area contributed by atoms with Crippen LogP contribution in [0.3, 0.4) is 0 Å². The topological polar surface area (TPSA) is 115 Å². The van der Waals surface area contributed by atoms with E-state index in [1.165, 1.54) is 49.8 Å². The number of sulfonamides is 1. The number of carbonyl (C=O) groups is 1. The summed E-state index contributed by atoms with van der Waals surface area (Å²) in [5, 5.41) is 3.32. The Morgan fingerprint density at radius 2 is 1.92 bits per heavy atom. The highest BCUT2D eigenvalue weighted by molar-refractivity contribution is 7.92. The number of benzene rings is 2. The molecule has 0 aliphatic rings. The molecule has 37 heavy (non-hydrogen) atoms. The Labute approximate surface area is 215 Å². The van der Waals surface area contributed by atoms with Crippen molar-refractivity contribution >= 4 is 44.9 Å². The summed E-state index contributed by atoms with van der Waals surface area (Å²) in [6, 6.07) is 10.0. The highest BCUT2D eigenvalue weighted by Crippen LogP contribution is 2.39. The van der Waals surface area contributed by atoms with E-state index in [0.29, 0.717) is 5.56 Å². The maximum Gasteiger partial charge on any atom is 0.264 e. The summed E-state index contributed by atoms with van der Waals surface area (Å²) in [7, 11) is -2.70. The number of rotatable bonds is 8. The summed E-state index contributed by atoms with van der Waals surface area (Å²) in [4.78, 5) is 18.0. The van der Waals surface area contributed by atoms with Crippen molar-refractivity contribution in [3.8, 4) is 16.9 Å². The van der Waals surface area contributed by atoms with Gasteiger partial charge in [-0.25, -0.2) is 22.2 Å². The van der Waals surface area contributed by atoms with Crippen LogP contribution in [0.25, 0.3) is 11.1 Å². The number of amides is 1. The minimum atomic E-state index is -4.04. The molecule has 192 valence electrons. The van der Waals surface area contributed by atoms with Crippen molar-refractivity contribution in [2.24, 2.45) is 0 Å². The molecule has 0 unspecified atom stereocenters. The minimum absolute atomic E-state index is 0.0189. The molecule has 0 radical (unpaired) electrons. The molecule has 0 fully saturated rings. The van der Waals surface area contributed by atoms with Gasteiger partial charge in [-0.3, -0.25) is 14.4 Å². The predicted molar refractivity (Wildman–Crippen MR) is 132 cm³/mol. The molecule has 0 aliphatic heterocycles. The van der Waals surface area contributed by atoms with Gasteiger partial charge >= 0.3 is 0 Å². The van der Waals surface area contributed by atoms with Gasteiger partial charge in [0.15, 0.2) is 5.82 Å². The third-order valence-electron chi connectivity index (χ3n) is 5.23. The molecule has 2 heterocycles. The molecule has 2 aromatic heterocycles. The van der Waals surface area contributed by atoms with Crippen molar-refractivity contribution in [3.63, 3.8) is 0 Å². The van der Waals surface area contributed by atoms with E-state index in [0.717, 1.165) is 23.2 Å². The molecule has 1 amide bonds. The largest absolute Gasteiger partial charge is 0.495 e. The average molecular weight is 549 g/mol. The number of halogens is 3. The summed E-state index contributed by atoms with van der Waals surface area (Å²) in [6.07, 6.45) is 2.27. The number of methoxy groups -OCH3 is 1. The highest BCUT2D eigenvalue weighted by Gasteiger charge is 2.25. The molecule has 0 aliphatic carbocycles. The number of hydrogen-bond donors (Lipinski definition) is 1. The first-order valence-electron chi connectivity index (χ1n) is 10.7. The monoisotopic (exact) mass is 548 g/mol. The second-order valence-corrected chi connectivity index (χ2v) is 9.65. The zero-order valence-corrected chi connectivity index (χ0v) is 21.0. The molecule has 9 nitrogen and oxygen atoms in total. The minimum Gasteiger partial charge on any atom is -0.495 e. The summed E-state index contributed by atoms with van der Waals surface area (Å²) < 4.78 is 66.3. The molecule has 4 aromatic rings. The Morgan fingerprint density at radius 3 is 2.51 bits per heavy atom. The van der Waals surface area contributed by atoms with Gasteiger partial charge in [0.05, 0.1) is 17.8 Å². The lowest BCUT2D eigenvalue weighted by molar-refractivity contribution is -0.117. The van der Waals surface area contributed by atoms with Gasteiger partial charge in [0, 0.05) is 30.3 Å². The van der Waals surface area contributed by atoms with Crippen molar-refractivity contribution in [2.45, 2.75) is 18.2 Å². The van der Waals surface area contributed by atoms with E-state index in [1.807, 2.05) is 0 Å². The van der Waals surface area contributed by atoms with Crippen LogP contribution in [0.15, 0.2) is 70.4 Å². The van der Waals surface area contributed by atoms with E-state index < -0.39 is 27.6 Å². The Balaban J connectivity index is 1.75. The normalized spacial score (nSPS) is 11.3. The van der Waals surface area contributed by atoms with Gasteiger partial charge in [-0.05, 0) is 35.9 Å². The molecule has 0 atom stereocenters. The average Bonchev–Trinajstić information content (AvgIpc) is 3.38. The van der Waals surface area contributed by atoms with Crippen LogP contribution < -0.4 is 14.4 Å². The summed E-state index contributed by atoms with van der Waals surface area (Å²) >= 11 is 5.85. The van der Waals surface area contributed by atoms with Crippen molar-refractivity contribution in [1.29, 1.82) is 0 Å². The van der Waals surface area contributed by atoms with Crippen molar-refractivity contribution < 1.29 is 31.3 Å². The summed E-state index contributed by atoms with van der Waals surface area (Å²) in [5.74, 6) is -1.72. The standard InChI is InChI=1S/C24H19ClF2N4O5S/c1-3-24(32)31(23-7-5-15(13-28-23)37(33,34)30-22-8-9-36-29-22)20-12-19(27)16(11-21(20)35-2)14-4-6-18(26)17(25)10-14/h4-13H,3H2,1-2H3,(H,29,30). The second kappa shape index (κ2) is 10.5. The zero-order chi connectivity index (χ0) is 26.7. The molecule has 1 N–H and O–H groups in total. The lowest BCUT2D eigenvalue weighted by atomic mass is 10.0. The summed E-state index contributed by atoms with van der Waals surface area (Å²) in [5.41, 5.74) is 0.404. The molecule has 0 bridgehead atoms. The fourth-order valence-electron chi connectivity index (χ4n) is 3.44. The maximum absolute atomic E-state index is 15.3. The molecule has 0 spiro atoms. The van der Waals surface area contributed by atoms with Crippen LogP contribution in [-0.2, 0) is 14.8 Å². The lowest BCUT2D eigenvalue weighted by Gasteiger charge is -2.24. The van der Waals surface area contributed by atoms with E-state index in [9.17, 15) is 17.6 Å². The maximum atomic E-state index is 15.3. The van der Waals surface area contributed by atoms with E-state index in [1.54, 1.807) is 6.92 Å². The SMILES string of the molecule is CCC(=O)N(c1ccc(S(=O)(=O)Nc2ccon2)cn1)c1cc(F)c(-c2ccc(F)c(Cl)c2)cc1OC. The van der Waals surface area contributed by atoms with Crippen LogP contribution in [0.5, 0.6) is 5.75 Å². The number of aromatic nitrogens is 2. The van der Waals surface area contributed by atoms with Crippen molar-refractivity contribution in [3.05, 3.63) is 77.6 Å². The quantitative estimate of drug-likeness (QED) is 0.307. The van der Waals surface area contributed by atoms with Crippen LogP contribution in [0, 0.1) is 11.6 Å². The first-order valence-corrected chi connectivity index (χ1v) is 12.6. The van der Waals surface area contributed by atoms with Crippen molar-refractivity contribution in [1.82, 2.24) is 10.1 Å². The Hall–Kier alpha value is -4.03. The number of hydrogen-bond acceptors (Lipinski definition) is 7. The van der Waals surface area contributed by atoms with Gasteiger partial charge in [-0.2, -0.15) is 0 Å². The second-order valence-electron chi connectivity index (χ2n) is 7.56. The molecular formula is C24H19ClF2N4O5S. The number of ether oxygens (including phenoxy) is 1. The van der Waals surface area contributed by atoms with Gasteiger partial charge in [-0.1, -0.05) is 29.7 Å². The molecule has 2 aromatic carbocycles. The third-order valence-corrected chi connectivity index (χ3v) is 6.86. The zero-order valence-electron chi connectivity index (χ0n) is 19.4. The first-order chi connectivity index (χ1) is 17.6. The van der Waals surface area contributed by atoms with Gasteiger partial charge in [-0.15, -0.1) is 0 Å². The molecule has 4 rings (SSSR count). The van der Waals surface area contributed by atoms with Crippen molar-refractivity contribution in [2.75, 3.05) is 16.7 Å². The smallest absolute Gasteiger partial charge is 0.264 e. The first kappa shape index (κ1) is 26.0. The summed E-state index contributed by atoms with van der Waals surface area (Å²) in [6.45, 7) is 1.60. The van der Waals surface area contributed by atoms with E-state index in [4.69, 9.17) is 16.3 Å². The molecule has 0 saturated carbocycles. The van der Waals surface area contributed by atoms with Crippen LogP contribution in [0.2, 0.25) is 5.02 Å². The van der Waals surface area contributed by atoms with Gasteiger partial charge in [0.2, 0.25) is 5.91 Å². The fourth-order valence-corrected chi connectivity index (χ4v) is 4.55. The van der Waals surface area contributed by atoms with Crippen LogP contribution in [0.1, 0.15) is 13.3 Å². The van der Waals surface area contributed by atoms with Gasteiger partial charge in [0.1, 0.15) is 34.4 Å². The third kappa shape index (κ3) is 5.39. The predicted octanol–water partition coefficient (Wildman–Crippen LogP) is 5.55. The molecular weight excluding hydrogens is 530 g/mol. The van der Waals surface area contributed by atoms with Crippen LogP contribution >= 0.6 is 11.6 Å². The van der Waals surface area contributed by atoms with Gasteiger partial charge < -0.3 is 9.26 Å². The fraction of sp³-hybridized carbons (Fsp3) is 0.125. The highest BCUT2D eigenvalue weighted by atomic mass is 35.5. The van der Waals surface area contributed by atoms with Crippen LogP contribution in [-0.4, -0.2) is 31.6 Å². The Morgan fingerprint density at radius 1 is 1.14 bits per heavy atom. The van der Waals surface area contributed by atoms with E-state index in [-0.39, 0.29) is 45.0 Å². The number of nitrogens with zero attached hydrogens (tertiary/aromatic N) is 3. The number of pyridine rings is 1. The number of anilines is 3. The van der Waals surface area contributed by atoms with Crippen LogP contribution in [0.4, 0.5) is 26.1 Å². The molecule has 13 heteroatoms. The van der Waals surface area contributed by atoms with Gasteiger partial charge in [0.25, 0.3) is 10.0 Å². The number of carbonyl (C=O) groups excluding carboxylic acids is 1. The Kier molecular flexibility index (Phi) is 7.41. The van der Waals surface area contributed by atoms with E-state index >= 15 is 4.39 Å². The lowest BCUT2D eigenvalue weighted by Crippen LogP contribution is -2.26.